The van der Waals surface area contributed by atoms with Crippen LogP contribution in [0.15, 0.2) is 18.2 Å². The number of piperazine rings is 1. The van der Waals surface area contributed by atoms with Crippen LogP contribution in [-0.2, 0) is 6.61 Å². The summed E-state index contributed by atoms with van der Waals surface area (Å²) in [5.41, 5.74) is 1.26. The number of para-hydroxylation sites is 1. The first kappa shape index (κ1) is 14.3. The molecule has 1 aliphatic rings. The highest BCUT2D eigenvalue weighted by molar-refractivity contribution is 5.55. The van der Waals surface area contributed by atoms with E-state index in [-0.39, 0.29) is 12.4 Å². The summed E-state index contributed by atoms with van der Waals surface area (Å²) in [6.45, 7) is 8.97. The summed E-state index contributed by atoms with van der Waals surface area (Å²) in [5.74, 6) is 0.428. The van der Waals surface area contributed by atoms with Crippen molar-refractivity contribution >= 4 is 5.69 Å². The summed E-state index contributed by atoms with van der Waals surface area (Å²) in [4.78, 5) is 4.47. The fraction of sp³-hybridized carbons (Fsp3) is 0.600. The second-order valence-electron chi connectivity index (χ2n) is 5.59. The van der Waals surface area contributed by atoms with Crippen LogP contribution in [0.3, 0.4) is 0 Å². The molecule has 0 aliphatic carbocycles. The third-order valence-electron chi connectivity index (χ3n) is 3.55. The Kier molecular flexibility index (Phi) is 4.77. The number of rotatable bonds is 4. The van der Waals surface area contributed by atoms with Gasteiger partial charge in [0.05, 0.1) is 12.3 Å². The summed E-state index contributed by atoms with van der Waals surface area (Å²) >= 11 is 0. The minimum atomic E-state index is -0.233. The van der Waals surface area contributed by atoms with Crippen molar-refractivity contribution < 1.29 is 9.50 Å². The van der Waals surface area contributed by atoms with Gasteiger partial charge in [-0.05, 0) is 12.0 Å². The van der Waals surface area contributed by atoms with E-state index < -0.39 is 0 Å². The van der Waals surface area contributed by atoms with Crippen LogP contribution in [-0.4, -0.2) is 42.7 Å². The molecule has 0 aromatic heterocycles. The zero-order chi connectivity index (χ0) is 13.8. The van der Waals surface area contributed by atoms with Gasteiger partial charge in [-0.1, -0.05) is 26.0 Å². The monoisotopic (exact) mass is 266 g/mol. The summed E-state index contributed by atoms with van der Waals surface area (Å²) in [6, 6.07) is 4.91. The van der Waals surface area contributed by atoms with Crippen molar-refractivity contribution in [1.82, 2.24) is 4.90 Å². The predicted octanol–water partition coefficient (Wildman–Crippen LogP) is 2.10. The van der Waals surface area contributed by atoms with E-state index >= 15 is 0 Å². The highest BCUT2D eigenvalue weighted by atomic mass is 19.1. The first-order valence-corrected chi connectivity index (χ1v) is 6.97. The Morgan fingerprint density at radius 3 is 2.47 bits per heavy atom. The van der Waals surface area contributed by atoms with Gasteiger partial charge in [-0.2, -0.15) is 0 Å². The molecule has 1 fully saturated rings. The summed E-state index contributed by atoms with van der Waals surface area (Å²) in [5, 5.41) is 9.34. The van der Waals surface area contributed by atoms with Gasteiger partial charge in [0, 0.05) is 38.3 Å². The Balaban J connectivity index is 2.05. The molecular formula is C15H23FN2O. The molecule has 0 amide bonds. The van der Waals surface area contributed by atoms with Gasteiger partial charge in [-0.15, -0.1) is 0 Å². The van der Waals surface area contributed by atoms with Crippen LogP contribution < -0.4 is 4.90 Å². The maximum absolute atomic E-state index is 14.0. The van der Waals surface area contributed by atoms with Gasteiger partial charge in [0.2, 0.25) is 0 Å². The molecule has 19 heavy (non-hydrogen) atoms. The summed E-state index contributed by atoms with van der Waals surface area (Å²) in [6.07, 6.45) is 0. The number of nitrogens with zero attached hydrogens (tertiary/aromatic N) is 2. The normalized spacial score (nSPS) is 17.2. The van der Waals surface area contributed by atoms with Crippen LogP contribution in [0.2, 0.25) is 0 Å². The number of hydrogen-bond acceptors (Lipinski definition) is 3. The molecule has 0 atom stereocenters. The Labute approximate surface area is 114 Å². The molecule has 0 bridgehead atoms. The smallest absolute Gasteiger partial charge is 0.146 e. The molecule has 1 heterocycles. The average Bonchev–Trinajstić information content (AvgIpc) is 2.39. The summed E-state index contributed by atoms with van der Waals surface area (Å²) < 4.78 is 14.0. The van der Waals surface area contributed by atoms with E-state index in [4.69, 9.17) is 0 Å². The second kappa shape index (κ2) is 6.35. The Bertz CT molecular complexity index is 415. The maximum atomic E-state index is 14.0. The fourth-order valence-electron chi connectivity index (χ4n) is 2.71. The lowest BCUT2D eigenvalue weighted by molar-refractivity contribution is 0.230. The lowest BCUT2D eigenvalue weighted by atomic mass is 10.1. The summed E-state index contributed by atoms with van der Waals surface area (Å²) in [7, 11) is 0. The van der Waals surface area contributed by atoms with Crippen molar-refractivity contribution in [2.24, 2.45) is 5.92 Å². The van der Waals surface area contributed by atoms with E-state index in [1.165, 1.54) is 6.07 Å². The van der Waals surface area contributed by atoms with E-state index in [9.17, 15) is 9.50 Å². The van der Waals surface area contributed by atoms with Crippen molar-refractivity contribution in [2.75, 3.05) is 37.6 Å². The number of aliphatic hydroxyl groups excluding tert-OH is 1. The highest BCUT2D eigenvalue weighted by Crippen LogP contribution is 2.25. The molecule has 1 saturated heterocycles. The van der Waals surface area contributed by atoms with Gasteiger partial charge < -0.3 is 10.0 Å². The van der Waals surface area contributed by atoms with Crippen LogP contribution in [0.5, 0.6) is 0 Å². The van der Waals surface area contributed by atoms with E-state index in [1.807, 2.05) is 0 Å². The van der Waals surface area contributed by atoms with E-state index in [0.29, 0.717) is 17.2 Å². The molecule has 0 spiro atoms. The standard InChI is InChI=1S/C15H23FN2O/c1-12(2)10-17-6-8-18(9-7-17)15-13(11-19)4-3-5-14(15)16/h3-5,12,19H,6-11H2,1-2H3. The van der Waals surface area contributed by atoms with Crippen LogP contribution in [0.4, 0.5) is 10.1 Å². The molecule has 0 saturated carbocycles. The van der Waals surface area contributed by atoms with E-state index in [2.05, 4.69) is 23.6 Å². The number of anilines is 1. The number of halogens is 1. The number of aliphatic hydroxyl groups is 1. The quantitative estimate of drug-likeness (QED) is 0.904. The Morgan fingerprint density at radius 2 is 1.89 bits per heavy atom. The van der Waals surface area contributed by atoms with E-state index in [0.717, 1.165) is 32.7 Å². The molecule has 0 unspecified atom stereocenters. The molecular weight excluding hydrogens is 243 g/mol. The molecule has 1 aromatic rings. The number of benzene rings is 1. The topological polar surface area (TPSA) is 26.7 Å². The maximum Gasteiger partial charge on any atom is 0.146 e. The zero-order valence-electron chi connectivity index (χ0n) is 11.8. The lowest BCUT2D eigenvalue weighted by Gasteiger charge is -2.37. The van der Waals surface area contributed by atoms with Crippen molar-refractivity contribution in [2.45, 2.75) is 20.5 Å². The number of hydrogen-bond donors (Lipinski definition) is 1. The SMILES string of the molecule is CC(C)CN1CCN(c2c(F)cccc2CO)CC1. The predicted molar refractivity (Wildman–Crippen MR) is 75.8 cm³/mol. The third kappa shape index (κ3) is 3.45. The molecule has 3 nitrogen and oxygen atoms in total. The minimum Gasteiger partial charge on any atom is -0.392 e. The second-order valence-corrected chi connectivity index (χ2v) is 5.59. The Morgan fingerprint density at radius 1 is 1.21 bits per heavy atom. The molecule has 2 rings (SSSR count). The van der Waals surface area contributed by atoms with Crippen LogP contribution in [0, 0.1) is 11.7 Å². The largest absolute Gasteiger partial charge is 0.392 e. The van der Waals surface area contributed by atoms with Gasteiger partial charge in [0.1, 0.15) is 5.82 Å². The molecule has 1 aliphatic heterocycles. The van der Waals surface area contributed by atoms with Crippen molar-refractivity contribution in [3.63, 3.8) is 0 Å². The van der Waals surface area contributed by atoms with Gasteiger partial charge in [0.25, 0.3) is 0 Å². The van der Waals surface area contributed by atoms with Gasteiger partial charge >= 0.3 is 0 Å². The van der Waals surface area contributed by atoms with Crippen molar-refractivity contribution in [1.29, 1.82) is 0 Å². The van der Waals surface area contributed by atoms with Gasteiger partial charge in [-0.25, -0.2) is 4.39 Å². The van der Waals surface area contributed by atoms with Crippen LogP contribution in [0.1, 0.15) is 19.4 Å². The first-order valence-electron chi connectivity index (χ1n) is 6.97. The average molecular weight is 266 g/mol. The van der Waals surface area contributed by atoms with Crippen LogP contribution >= 0.6 is 0 Å². The molecule has 0 radical (unpaired) electrons. The van der Waals surface area contributed by atoms with Gasteiger partial charge in [0.15, 0.2) is 0 Å². The Hall–Kier alpha value is -1.13. The highest BCUT2D eigenvalue weighted by Gasteiger charge is 2.21. The third-order valence-corrected chi connectivity index (χ3v) is 3.55. The zero-order valence-corrected chi connectivity index (χ0v) is 11.8. The van der Waals surface area contributed by atoms with Crippen molar-refractivity contribution in [3.8, 4) is 0 Å². The first-order chi connectivity index (χ1) is 9.11. The van der Waals surface area contributed by atoms with Crippen LogP contribution in [0.25, 0.3) is 0 Å². The van der Waals surface area contributed by atoms with Crippen molar-refractivity contribution in [3.05, 3.63) is 29.6 Å². The fourth-order valence-corrected chi connectivity index (χ4v) is 2.71. The lowest BCUT2D eigenvalue weighted by Crippen LogP contribution is -2.48. The van der Waals surface area contributed by atoms with Gasteiger partial charge in [-0.3, -0.25) is 4.90 Å². The molecule has 106 valence electrons. The molecule has 1 aromatic carbocycles. The minimum absolute atomic E-state index is 0.112. The van der Waals surface area contributed by atoms with E-state index in [1.54, 1.807) is 12.1 Å². The molecule has 1 N–H and O–H groups in total. The molecule has 4 heteroatoms.